The fourth-order valence-electron chi connectivity index (χ4n) is 1.11. The Labute approximate surface area is 59.7 Å². The molecule has 0 saturated heterocycles. The monoisotopic (exact) mass is 127 g/mol. The number of rotatable bonds is 4. The van der Waals surface area contributed by atoms with E-state index in [-0.39, 0.29) is 0 Å². The Bertz CT molecular complexity index is 51.1. The van der Waals surface area contributed by atoms with Crippen molar-refractivity contribution in [3.8, 4) is 0 Å². The lowest BCUT2D eigenvalue weighted by Crippen LogP contribution is -2.02. The zero-order chi connectivity index (χ0) is 7.28. The molecule has 0 fully saturated rings. The quantitative estimate of drug-likeness (QED) is 0.543. The fourth-order valence-corrected chi connectivity index (χ4v) is 1.11. The van der Waals surface area contributed by atoms with Crippen LogP contribution in [0.5, 0.6) is 0 Å². The molecule has 0 aliphatic heterocycles. The molecule has 0 bridgehead atoms. The lowest BCUT2D eigenvalue weighted by molar-refractivity contribution is 0.503. The van der Waals surface area contributed by atoms with E-state index in [2.05, 4.69) is 34.1 Å². The zero-order valence-corrected chi connectivity index (χ0v) is 7.15. The van der Waals surface area contributed by atoms with Crippen LogP contribution in [-0.4, -0.2) is 0 Å². The highest BCUT2D eigenvalue weighted by molar-refractivity contribution is 4.76. The molecule has 0 aromatic heterocycles. The van der Waals surface area contributed by atoms with Crippen molar-refractivity contribution in [3.63, 3.8) is 0 Å². The summed E-state index contributed by atoms with van der Waals surface area (Å²) >= 11 is 0. The zero-order valence-electron chi connectivity index (χ0n) is 7.15. The average molecular weight is 127 g/mol. The molecule has 0 spiro atoms. The van der Waals surface area contributed by atoms with E-state index in [0.29, 0.717) is 0 Å². The van der Waals surface area contributed by atoms with E-state index in [1.165, 1.54) is 12.8 Å². The normalized spacial score (nSPS) is 11.3. The first-order valence-electron chi connectivity index (χ1n) is 4.05. The fraction of sp³-hybridized carbons (Fsp3) is 0.889. The third kappa shape index (κ3) is 4.50. The predicted octanol–water partition coefficient (Wildman–Crippen LogP) is 3.28. The van der Waals surface area contributed by atoms with Gasteiger partial charge in [-0.3, -0.25) is 0 Å². The van der Waals surface area contributed by atoms with Gasteiger partial charge in [-0.05, 0) is 18.3 Å². The van der Waals surface area contributed by atoms with Crippen LogP contribution in [0.15, 0.2) is 0 Å². The third-order valence-electron chi connectivity index (χ3n) is 1.71. The summed E-state index contributed by atoms with van der Waals surface area (Å²) in [4.78, 5) is 0. The lowest BCUT2D eigenvalue weighted by atomic mass is 9.93. The number of hydrogen-bond donors (Lipinski definition) is 0. The van der Waals surface area contributed by atoms with Crippen molar-refractivity contribution in [2.75, 3.05) is 0 Å². The third-order valence-corrected chi connectivity index (χ3v) is 1.71. The maximum atomic E-state index is 2.44. The van der Waals surface area contributed by atoms with Gasteiger partial charge in [0.2, 0.25) is 0 Å². The van der Waals surface area contributed by atoms with E-state index in [1.54, 1.807) is 0 Å². The van der Waals surface area contributed by atoms with Crippen molar-refractivity contribution in [3.05, 3.63) is 6.42 Å². The molecule has 0 atom stereocenters. The van der Waals surface area contributed by atoms with Crippen LogP contribution in [-0.2, 0) is 0 Å². The van der Waals surface area contributed by atoms with E-state index in [1.807, 2.05) is 0 Å². The Morgan fingerprint density at radius 1 is 1.11 bits per heavy atom. The molecule has 0 saturated carbocycles. The Balaban J connectivity index is 3.31. The molecule has 1 radical (unpaired) electrons. The summed E-state index contributed by atoms with van der Waals surface area (Å²) in [5, 5.41) is 0. The van der Waals surface area contributed by atoms with Gasteiger partial charge in [-0.1, -0.05) is 40.5 Å². The first kappa shape index (κ1) is 9.00. The van der Waals surface area contributed by atoms with Crippen molar-refractivity contribution in [1.29, 1.82) is 0 Å². The van der Waals surface area contributed by atoms with Crippen LogP contribution in [0.3, 0.4) is 0 Å². The van der Waals surface area contributed by atoms with E-state index < -0.39 is 0 Å². The van der Waals surface area contributed by atoms with E-state index in [4.69, 9.17) is 0 Å². The van der Waals surface area contributed by atoms with E-state index in [0.717, 1.165) is 11.8 Å². The smallest absolute Gasteiger partial charge is 0.0329 e. The van der Waals surface area contributed by atoms with Crippen molar-refractivity contribution >= 4 is 0 Å². The SMILES string of the molecule is CCC([CH]C(C)C)CC. The summed E-state index contributed by atoms with van der Waals surface area (Å²) in [5.74, 6) is 1.61. The molecule has 0 rings (SSSR count). The van der Waals surface area contributed by atoms with Gasteiger partial charge in [-0.2, -0.15) is 0 Å². The Hall–Kier alpha value is 0. The second-order valence-corrected chi connectivity index (χ2v) is 3.01. The van der Waals surface area contributed by atoms with Crippen molar-refractivity contribution in [2.45, 2.75) is 40.5 Å². The topological polar surface area (TPSA) is 0 Å². The van der Waals surface area contributed by atoms with Gasteiger partial charge in [0.15, 0.2) is 0 Å². The van der Waals surface area contributed by atoms with Crippen LogP contribution in [0, 0.1) is 18.3 Å². The van der Waals surface area contributed by atoms with Crippen LogP contribution in [0.4, 0.5) is 0 Å². The first-order valence-corrected chi connectivity index (χ1v) is 4.05. The van der Waals surface area contributed by atoms with Gasteiger partial charge < -0.3 is 0 Å². The van der Waals surface area contributed by atoms with Crippen LogP contribution >= 0.6 is 0 Å². The van der Waals surface area contributed by atoms with Crippen molar-refractivity contribution < 1.29 is 0 Å². The van der Waals surface area contributed by atoms with Crippen LogP contribution in [0.25, 0.3) is 0 Å². The number of hydrogen-bond acceptors (Lipinski definition) is 0. The summed E-state index contributed by atoms with van der Waals surface area (Å²) < 4.78 is 0. The highest BCUT2D eigenvalue weighted by atomic mass is 14.1. The standard InChI is InChI=1S/C9H19/c1-5-9(6-2)7-8(3)4/h7-9H,5-6H2,1-4H3. The molecule has 0 aromatic carbocycles. The van der Waals surface area contributed by atoms with Gasteiger partial charge in [0.05, 0.1) is 0 Å². The van der Waals surface area contributed by atoms with Crippen molar-refractivity contribution in [2.24, 2.45) is 11.8 Å². The van der Waals surface area contributed by atoms with Gasteiger partial charge in [0.25, 0.3) is 0 Å². The van der Waals surface area contributed by atoms with E-state index >= 15 is 0 Å². The summed E-state index contributed by atoms with van der Waals surface area (Å²) in [6.45, 7) is 9.01. The van der Waals surface area contributed by atoms with Gasteiger partial charge in [0, 0.05) is 0 Å². The Kier molecular flexibility index (Phi) is 4.84. The maximum Gasteiger partial charge on any atom is -0.0329 e. The summed E-state index contributed by atoms with van der Waals surface area (Å²) in [6, 6.07) is 0. The predicted molar refractivity (Wildman–Crippen MR) is 43.2 cm³/mol. The second-order valence-electron chi connectivity index (χ2n) is 3.01. The Morgan fingerprint density at radius 2 is 1.56 bits per heavy atom. The largest absolute Gasteiger partial charge is 0.0651 e. The minimum atomic E-state index is 0.759. The van der Waals surface area contributed by atoms with Gasteiger partial charge in [0.1, 0.15) is 0 Å². The average Bonchev–Trinajstić information content (AvgIpc) is 1.82. The summed E-state index contributed by atoms with van der Waals surface area (Å²) in [5.41, 5.74) is 0. The molecule has 55 valence electrons. The minimum absolute atomic E-state index is 0.759. The molecule has 0 N–H and O–H groups in total. The van der Waals surface area contributed by atoms with Gasteiger partial charge >= 0.3 is 0 Å². The molecule has 9 heavy (non-hydrogen) atoms. The Morgan fingerprint density at radius 3 is 1.67 bits per heavy atom. The molecule has 0 unspecified atom stereocenters. The lowest BCUT2D eigenvalue weighted by Gasteiger charge is -2.13. The molecular weight excluding hydrogens is 108 g/mol. The van der Waals surface area contributed by atoms with Crippen molar-refractivity contribution in [1.82, 2.24) is 0 Å². The molecule has 0 aliphatic rings. The second kappa shape index (κ2) is 4.84. The molecular formula is C9H19. The van der Waals surface area contributed by atoms with Gasteiger partial charge in [-0.15, -0.1) is 0 Å². The highest BCUT2D eigenvalue weighted by Crippen LogP contribution is 2.16. The van der Waals surface area contributed by atoms with Gasteiger partial charge in [-0.25, -0.2) is 0 Å². The summed E-state index contributed by atoms with van der Waals surface area (Å²) in [6.07, 6.45) is 5.04. The molecule has 0 aliphatic carbocycles. The molecule has 0 nitrogen and oxygen atoms in total. The molecule has 0 aromatic rings. The molecule has 0 heteroatoms. The first-order chi connectivity index (χ1) is 4.20. The van der Waals surface area contributed by atoms with E-state index in [9.17, 15) is 0 Å². The minimum Gasteiger partial charge on any atom is -0.0651 e. The maximum absolute atomic E-state index is 2.44. The molecule has 0 amide bonds. The highest BCUT2D eigenvalue weighted by Gasteiger charge is 2.04. The molecule has 0 heterocycles. The summed E-state index contributed by atoms with van der Waals surface area (Å²) in [7, 11) is 0. The van der Waals surface area contributed by atoms with Crippen LogP contribution in [0.2, 0.25) is 0 Å². The van der Waals surface area contributed by atoms with Crippen LogP contribution < -0.4 is 0 Å². The van der Waals surface area contributed by atoms with Crippen LogP contribution in [0.1, 0.15) is 40.5 Å².